The molecule has 3 rings (SSSR count). The van der Waals surface area contributed by atoms with E-state index in [1.165, 1.54) is 17.5 Å². The summed E-state index contributed by atoms with van der Waals surface area (Å²) in [5.74, 6) is 1.07. The summed E-state index contributed by atoms with van der Waals surface area (Å²) in [5, 5.41) is 7.68. The molecule has 0 spiro atoms. The van der Waals surface area contributed by atoms with Crippen molar-refractivity contribution in [3.8, 4) is 0 Å². The van der Waals surface area contributed by atoms with E-state index in [4.69, 9.17) is 16.3 Å². The van der Waals surface area contributed by atoms with Crippen LogP contribution < -0.4 is 10.9 Å². The third-order valence-electron chi connectivity index (χ3n) is 3.72. The third-order valence-corrected chi connectivity index (χ3v) is 4.00. The highest BCUT2D eigenvalue weighted by Crippen LogP contribution is 2.30. The second-order valence-electron chi connectivity index (χ2n) is 5.41. The van der Waals surface area contributed by atoms with Gasteiger partial charge in [-0.15, -0.1) is 0 Å². The second-order valence-corrected chi connectivity index (χ2v) is 5.82. The lowest BCUT2D eigenvalue weighted by atomic mass is 10.1. The van der Waals surface area contributed by atoms with Crippen LogP contribution in [0.2, 0.25) is 5.02 Å². The molecule has 1 saturated heterocycles. The number of anilines is 1. The number of halogens is 1. The summed E-state index contributed by atoms with van der Waals surface area (Å²) in [6, 6.07) is 0. The smallest absolute Gasteiger partial charge is 0.291 e. The van der Waals surface area contributed by atoms with E-state index < -0.39 is 0 Å². The zero-order valence-electron chi connectivity index (χ0n) is 10.8. The Morgan fingerprint density at radius 1 is 1.42 bits per heavy atom. The maximum Gasteiger partial charge on any atom is 0.291 e. The molecule has 2 fully saturated rings. The van der Waals surface area contributed by atoms with Crippen molar-refractivity contribution < 1.29 is 4.74 Å². The van der Waals surface area contributed by atoms with Crippen molar-refractivity contribution in [2.45, 2.75) is 25.8 Å². The maximum atomic E-state index is 12.3. The summed E-state index contributed by atoms with van der Waals surface area (Å²) < 4.78 is 6.85. The number of hydrogen-bond donors (Lipinski definition) is 1. The van der Waals surface area contributed by atoms with Gasteiger partial charge in [0.05, 0.1) is 17.8 Å². The number of rotatable bonds is 5. The molecule has 1 N–H and O–H groups in total. The van der Waals surface area contributed by atoms with Gasteiger partial charge in [0, 0.05) is 25.6 Å². The Labute approximate surface area is 116 Å². The van der Waals surface area contributed by atoms with Crippen molar-refractivity contribution in [3.05, 3.63) is 21.6 Å². The molecule has 0 bridgehead atoms. The lowest BCUT2D eigenvalue weighted by Crippen LogP contribution is -2.28. The first kappa shape index (κ1) is 12.9. The van der Waals surface area contributed by atoms with Crippen LogP contribution in [0.1, 0.15) is 19.3 Å². The Hall–Kier alpha value is -1.07. The van der Waals surface area contributed by atoms with Crippen LogP contribution in [-0.4, -0.2) is 29.5 Å². The first-order valence-electron chi connectivity index (χ1n) is 6.81. The first-order chi connectivity index (χ1) is 9.24. The van der Waals surface area contributed by atoms with Gasteiger partial charge in [-0.2, -0.15) is 5.10 Å². The predicted octanol–water partition coefficient (Wildman–Crippen LogP) is 1.76. The minimum Gasteiger partial charge on any atom is -0.381 e. The van der Waals surface area contributed by atoms with Gasteiger partial charge in [0.25, 0.3) is 5.56 Å². The lowest BCUT2D eigenvalue weighted by Gasteiger charge is -2.13. The molecule has 6 heteroatoms. The second kappa shape index (κ2) is 5.51. The summed E-state index contributed by atoms with van der Waals surface area (Å²) in [4.78, 5) is 12.3. The minimum atomic E-state index is -0.113. The van der Waals surface area contributed by atoms with Crippen molar-refractivity contribution in [1.29, 1.82) is 0 Å². The summed E-state index contributed by atoms with van der Waals surface area (Å²) in [7, 11) is 0. The molecular weight excluding hydrogens is 266 g/mol. The highest BCUT2D eigenvalue weighted by Gasteiger charge is 2.24. The fourth-order valence-corrected chi connectivity index (χ4v) is 2.49. The number of ether oxygens (including phenoxy) is 1. The summed E-state index contributed by atoms with van der Waals surface area (Å²) in [6.07, 6.45) is 4.97. The molecule has 5 nitrogen and oxygen atoms in total. The van der Waals surface area contributed by atoms with Gasteiger partial charge in [0.15, 0.2) is 0 Å². The molecule has 0 radical (unpaired) electrons. The van der Waals surface area contributed by atoms with Gasteiger partial charge in [0.2, 0.25) is 0 Å². The predicted molar refractivity (Wildman–Crippen MR) is 73.6 cm³/mol. The Bertz CT molecular complexity index is 507. The first-order valence-corrected chi connectivity index (χ1v) is 7.19. The molecule has 1 aromatic rings. The maximum absolute atomic E-state index is 12.3. The van der Waals surface area contributed by atoms with Gasteiger partial charge in [-0.3, -0.25) is 4.79 Å². The average molecular weight is 284 g/mol. The largest absolute Gasteiger partial charge is 0.381 e. The van der Waals surface area contributed by atoms with Crippen molar-refractivity contribution >= 4 is 17.3 Å². The molecule has 1 aliphatic carbocycles. The van der Waals surface area contributed by atoms with Crippen LogP contribution in [-0.2, 0) is 11.3 Å². The zero-order chi connectivity index (χ0) is 13.2. The highest BCUT2D eigenvalue weighted by molar-refractivity contribution is 6.32. The van der Waals surface area contributed by atoms with E-state index in [-0.39, 0.29) is 5.56 Å². The molecule has 104 valence electrons. The normalized spacial score (nSPS) is 22.7. The van der Waals surface area contributed by atoms with Crippen molar-refractivity contribution in [2.75, 3.05) is 25.1 Å². The molecule has 1 atom stereocenters. The number of hydrogen-bond acceptors (Lipinski definition) is 4. The quantitative estimate of drug-likeness (QED) is 0.895. The molecule has 0 aromatic carbocycles. The van der Waals surface area contributed by atoms with Crippen LogP contribution in [0.15, 0.2) is 11.0 Å². The van der Waals surface area contributed by atoms with E-state index in [1.807, 2.05) is 0 Å². The van der Waals surface area contributed by atoms with Crippen LogP contribution in [0, 0.1) is 11.8 Å². The van der Waals surface area contributed by atoms with Crippen molar-refractivity contribution in [3.63, 3.8) is 0 Å². The molecule has 1 aromatic heterocycles. The molecule has 1 aliphatic heterocycles. The SMILES string of the molecule is O=c1c(NCC2CCOC2)c(Cl)cnn1CC1CC1. The van der Waals surface area contributed by atoms with E-state index >= 15 is 0 Å². The third kappa shape index (κ3) is 3.09. The van der Waals surface area contributed by atoms with Crippen LogP contribution in [0.5, 0.6) is 0 Å². The van der Waals surface area contributed by atoms with Gasteiger partial charge < -0.3 is 10.1 Å². The van der Waals surface area contributed by atoms with Crippen LogP contribution in [0.25, 0.3) is 0 Å². The van der Waals surface area contributed by atoms with E-state index in [0.29, 0.717) is 29.1 Å². The fourth-order valence-electron chi connectivity index (χ4n) is 2.29. The van der Waals surface area contributed by atoms with Gasteiger partial charge >= 0.3 is 0 Å². The Morgan fingerprint density at radius 2 is 2.26 bits per heavy atom. The Balaban J connectivity index is 1.72. The molecule has 19 heavy (non-hydrogen) atoms. The van der Waals surface area contributed by atoms with Gasteiger partial charge in [-0.25, -0.2) is 4.68 Å². The van der Waals surface area contributed by atoms with Crippen LogP contribution >= 0.6 is 11.6 Å². The molecule has 1 saturated carbocycles. The summed E-state index contributed by atoms with van der Waals surface area (Å²) >= 11 is 6.07. The highest BCUT2D eigenvalue weighted by atomic mass is 35.5. The van der Waals surface area contributed by atoms with E-state index in [2.05, 4.69) is 10.4 Å². The average Bonchev–Trinajstić information content (AvgIpc) is 3.06. The van der Waals surface area contributed by atoms with Gasteiger partial charge in [-0.05, 0) is 25.2 Å². The van der Waals surface area contributed by atoms with Crippen molar-refractivity contribution in [2.24, 2.45) is 11.8 Å². The number of aromatic nitrogens is 2. The number of nitrogens with one attached hydrogen (secondary N) is 1. The van der Waals surface area contributed by atoms with Crippen LogP contribution in [0.4, 0.5) is 5.69 Å². The molecule has 2 aliphatic rings. The minimum absolute atomic E-state index is 0.113. The molecule has 1 unspecified atom stereocenters. The Morgan fingerprint density at radius 3 is 2.95 bits per heavy atom. The van der Waals surface area contributed by atoms with Crippen LogP contribution in [0.3, 0.4) is 0 Å². The Kier molecular flexibility index (Phi) is 3.75. The lowest BCUT2D eigenvalue weighted by molar-refractivity contribution is 0.187. The van der Waals surface area contributed by atoms with E-state index in [1.54, 1.807) is 6.20 Å². The zero-order valence-corrected chi connectivity index (χ0v) is 11.5. The van der Waals surface area contributed by atoms with Crippen molar-refractivity contribution in [1.82, 2.24) is 9.78 Å². The monoisotopic (exact) mass is 283 g/mol. The van der Waals surface area contributed by atoms with Gasteiger partial charge in [0.1, 0.15) is 5.69 Å². The molecule has 0 amide bonds. The summed E-state index contributed by atoms with van der Waals surface area (Å²) in [6.45, 7) is 2.99. The topological polar surface area (TPSA) is 56.1 Å². The van der Waals surface area contributed by atoms with Gasteiger partial charge in [-0.1, -0.05) is 11.6 Å². The molecule has 2 heterocycles. The number of nitrogens with zero attached hydrogens (tertiary/aromatic N) is 2. The fraction of sp³-hybridized carbons (Fsp3) is 0.692. The molecular formula is C13H18ClN3O2. The standard InChI is InChI=1S/C13H18ClN3O2/c14-11-6-16-17(7-9-1-2-9)13(18)12(11)15-5-10-3-4-19-8-10/h6,9-10,15H,1-5,7-8H2. The van der Waals surface area contributed by atoms with E-state index in [9.17, 15) is 4.79 Å². The van der Waals surface area contributed by atoms with E-state index in [0.717, 1.165) is 26.2 Å². The summed E-state index contributed by atoms with van der Waals surface area (Å²) in [5.41, 5.74) is 0.363.